The zero-order chi connectivity index (χ0) is 23.4. The number of benzene rings is 2. The van der Waals surface area contributed by atoms with Crippen LogP contribution in [0.3, 0.4) is 0 Å². The van der Waals surface area contributed by atoms with Crippen LogP contribution in [0.5, 0.6) is 17.2 Å². The molecule has 0 aliphatic carbocycles. The van der Waals surface area contributed by atoms with Gasteiger partial charge >= 0.3 is 0 Å². The highest BCUT2D eigenvalue weighted by molar-refractivity contribution is 6.36. The van der Waals surface area contributed by atoms with E-state index in [0.29, 0.717) is 28.5 Å². The molecule has 0 radical (unpaired) electrons. The number of imide groups is 1. The number of carbonyl (C=O) groups excluding carboxylic acids is 2. The lowest BCUT2D eigenvalue weighted by molar-refractivity contribution is -0.137. The van der Waals surface area contributed by atoms with E-state index >= 15 is 0 Å². The summed E-state index contributed by atoms with van der Waals surface area (Å²) in [6.07, 6.45) is 3.27. The molecule has 3 aromatic rings. The lowest BCUT2D eigenvalue weighted by atomic mass is 10.0. The minimum absolute atomic E-state index is 0.0966. The minimum Gasteiger partial charge on any atom is -0.495 e. The summed E-state index contributed by atoms with van der Waals surface area (Å²) >= 11 is 0. The average molecular weight is 445 g/mol. The number of hydrogen-bond acceptors (Lipinski definition) is 7. The molecule has 1 aliphatic heterocycles. The average Bonchev–Trinajstić information content (AvgIpc) is 3.08. The van der Waals surface area contributed by atoms with E-state index < -0.39 is 11.8 Å². The van der Waals surface area contributed by atoms with Crippen molar-refractivity contribution in [3.05, 3.63) is 83.8 Å². The number of aromatic nitrogens is 1. The van der Waals surface area contributed by atoms with E-state index in [0.717, 1.165) is 5.56 Å². The Morgan fingerprint density at radius 1 is 0.848 bits per heavy atom. The summed E-state index contributed by atoms with van der Waals surface area (Å²) in [5, 5.41) is 3.13. The highest BCUT2D eigenvalue weighted by atomic mass is 16.5. The van der Waals surface area contributed by atoms with Gasteiger partial charge in [-0.05, 0) is 41.5 Å². The third-order valence-corrected chi connectivity index (χ3v) is 5.27. The van der Waals surface area contributed by atoms with Gasteiger partial charge in [-0.2, -0.15) is 0 Å². The van der Waals surface area contributed by atoms with Crippen molar-refractivity contribution in [3.8, 4) is 17.2 Å². The lowest BCUT2D eigenvalue weighted by Gasteiger charge is -2.15. The van der Waals surface area contributed by atoms with Gasteiger partial charge in [0.05, 0.1) is 39.1 Å². The Balaban J connectivity index is 1.81. The molecule has 2 heterocycles. The topological polar surface area (TPSA) is 90.0 Å². The van der Waals surface area contributed by atoms with Gasteiger partial charge in [-0.15, -0.1) is 0 Å². The van der Waals surface area contributed by atoms with Gasteiger partial charge in [-0.1, -0.05) is 24.3 Å². The molecule has 1 N–H and O–H groups in total. The summed E-state index contributed by atoms with van der Waals surface area (Å²) in [5.74, 6) is 0.644. The SMILES string of the molecule is COc1ccccc1NC1=C(c2ccc(OC)c(OC)c2)C(=O)N(Cc2cccnc2)C1=O. The number of amides is 2. The summed E-state index contributed by atoms with van der Waals surface area (Å²) in [7, 11) is 4.59. The monoisotopic (exact) mass is 445 g/mol. The van der Waals surface area contributed by atoms with Crippen LogP contribution in [0.25, 0.3) is 5.57 Å². The molecule has 0 bridgehead atoms. The number of anilines is 1. The standard InChI is InChI=1S/C25H23N3O5/c1-31-19-9-5-4-8-18(19)27-23-22(17-10-11-20(32-2)21(13-17)33-3)24(29)28(25(23)30)15-16-7-6-12-26-14-16/h4-14,27H,15H2,1-3H3. The maximum Gasteiger partial charge on any atom is 0.278 e. The summed E-state index contributed by atoms with van der Waals surface area (Å²) in [6.45, 7) is 0.0966. The predicted molar refractivity (Wildman–Crippen MR) is 123 cm³/mol. The first-order valence-electron chi connectivity index (χ1n) is 10.2. The molecule has 0 unspecified atom stereocenters. The first kappa shape index (κ1) is 21.9. The molecular weight excluding hydrogens is 422 g/mol. The molecule has 1 aliphatic rings. The number of carbonyl (C=O) groups is 2. The minimum atomic E-state index is -0.445. The van der Waals surface area contributed by atoms with Gasteiger partial charge in [0, 0.05) is 12.4 Å². The second-order valence-electron chi connectivity index (χ2n) is 7.20. The largest absolute Gasteiger partial charge is 0.495 e. The van der Waals surface area contributed by atoms with E-state index in [1.807, 2.05) is 18.2 Å². The number of nitrogens with zero attached hydrogens (tertiary/aromatic N) is 2. The maximum absolute atomic E-state index is 13.5. The van der Waals surface area contributed by atoms with E-state index in [1.165, 1.54) is 19.1 Å². The van der Waals surface area contributed by atoms with Crippen LogP contribution in [0, 0.1) is 0 Å². The summed E-state index contributed by atoms with van der Waals surface area (Å²) in [4.78, 5) is 32.2. The molecule has 8 heteroatoms. The van der Waals surface area contributed by atoms with Gasteiger partial charge in [-0.3, -0.25) is 19.5 Å². The molecule has 0 saturated heterocycles. The molecule has 4 rings (SSSR count). The molecule has 1 aromatic heterocycles. The number of para-hydroxylation sites is 2. The van der Waals surface area contributed by atoms with Crippen molar-refractivity contribution in [2.24, 2.45) is 0 Å². The van der Waals surface area contributed by atoms with Crippen LogP contribution in [-0.4, -0.2) is 43.0 Å². The van der Waals surface area contributed by atoms with Crippen LogP contribution in [0.2, 0.25) is 0 Å². The van der Waals surface area contributed by atoms with Crippen LogP contribution in [0.4, 0.5) is 5.69 Å². The smallest absolute Gasteiger partial charge is 0.278 e. The van der Waals surface area contributed by atoms with Crippen LogP contribution in [0.15, 0.2) is 72.7 Å². The highest BCUT2D eigenvalue weighted by Crippen LogP contribution is 2.37. The first-order valence-corrected chi connectivity index (χ1v) is 10.2. The van der Waals surface area contributed by atoms with Crippen molar-refractivity contribution in [3.63, 3.8) is 0 Å². The number of nitrogens with one attached hydrogen (secondary N) is 1. The molecular formula is C25H23N3O5. The molecule has 33 heavy (non-hydrogen) atoms. The summed E-state index contributed by atoms with van der Waals surface area (Å²) in [5.41, 5.74) is 2.22. The molecule has 0 spiro atoms. The van der Waals surface area contributed by atoms with Crippen LogP contribution < -0.4 is 19.5 Å². The zero-order valence-corrected chi connectivity index (χ0v) is 18.5. The zero-order valence-electron chi connectivity index (χ0n) is 18.5. The molecule has 2 aromatic carbocycles. The van der Waals surface area contributed by atoms with Crippen molar-refractivity contribution in [2.75, 3.05) is 26.6 Å². The van der Waals surface area contributed by atoms with Crippen molar-refractivity contribution in [2.45, 2.75) is 6.54 Å². The number of hydrogen-bond donors (Lipinski definition) is 1. The van der Waals surface area contributed by atoms with Gasteiger partial charge in [-0.25, -0.2) is 0 Å². The summed E-state index contributed by atoms with van der Waals surface area (Å²) in [6, 6.07) is 15.9. The Kier molecular flexibility index (Phi) is 6.26. The van der Waals surface area contributed by atoms with Gasteiger partial charge in [0.2, 0.25) is 0 Å². The van der Waals surface area contributed by atoms with Crippen LogP contribution in [-0.2, 0) is 16.1 Å². The number of methoxy groups -OCH3 is 3. The maximum atomic E-state index is 13.5. The summed E-state index contributed by atoms with van der Waals surface area (Å²) < 4.78 is 16.1. The Hall–Kier alpha value is -4.33. The van der Waals surface area contributed by atoms with Crippen molar-refractivity contribution in [1.29, 1.82) is 0 Å². The van der Waals surface area contributed by atoms with Crippen LogP contribution in [0.1, 0.15) is 11.1 Å². The number of ether oxygens (including phenoxy) is 3. The molecule has 0 fully saturated rings. The van der Waals surface area contributed by atoms with Gasteiger partial charge in [0.1, 0.15) is 11.4 Å². The van der Waals surface area contributed by atoms with Crippen LogP contribution >= 0.6 is 0 Å². The number of rotatable bonds is 8. The third-order valence-electron chi connectivity index (χ3n) is 5.27. The second-order valence-corrected chi connectivity index (χ2v) is 7.20. The Labute approximate surface area is 191 Å². The highest BCUT2D eigenvalue weighted by Gasteiger charge is 2.39. The van der Waals surface area contributed by atoms with Crippen molar-refractivity contribution >= 4 is 23.1 Å². The Bertz CT molecular complexity index is 1220. The second kappa shape index (κ2) is 9.44. The van der Waals surface area contributed by atoms with Crippen molar-refractivity contribution in [1.82, 2.24) is 9.88 Å². The molecule has 168 valence electrons. The quantitative estimate of drug-likeness (QED) is 0.531. The molecule has 8 nitrogen and oxygen atoms in total. The van der Waals surface area contributed by atoms with Gasteiger partial charge in [0.25, 0.3) is 11.8 Å². The number of pyridine rings is 1. The lowest BCUT2D eigenvalue weighted by Crippen LogP contribution is -2.32. The fraction of sp³-hybridized carbons (Fsp3) is 0.160. The van der Waals surface area contributed by atoms with E-state index in [4.69, 9.17) is 14.2 Å². The van der Waals surface area contributed by atoms with E-state index in [2.05, 4.69) is 10.3 Å². The Morgan fingerprint density at radius 3 is 2.30 bits per heavy atom. The van der Waals surface area contributed by atoms with Gasteiger partial charge in [0.15, 0.2) is 11.5 Å². The first-order chi connectivity index (χ1) is 16.1. The molecule has 0 atom stereocenters. The van der Waals surface area contributed by atoms with Gasteiger partial charge < -0.3 is 19.5 Å². The van der Waals surface area contributed by atoms with Crippen molar-refractivity contribution < 1.29 is 23.8 Å². The molecule has 0 saturated carbocycles. The predicted octanol–water partition coefficient (Wildman–Crippen LogP) is 3.50. The Morgan fingerprint density at radius 2 is 1.61 bits per heavy atom. The normalized spacial score (nSPS) is 13.4. The fourth-order valence-corrected chi connectivity index (χ4v) is 3.65. The van der Waals surface area contributed by atoms with E-state index in [-0.39, 0.29) is 17.8 Å². The van der Waals surface area contributed by atoms with E-state index in [9.17, 15) is 9.59 Å². The fourth-order valence-electron chi connectivity index (χ4n) is 3.65. The third kappa shape index (κ3) is 4.23. The van der Waals surface area contributed by atoms with E-state index in [1.54, 1.807) is 55.9 Å². The molecule has 2 amide bonds.